The highest BCUT2D eigenvalue weighted by atomic mass is 32.1. The molecule has 4 N–H and O–H groups in total. The molecule has 172 valence electrons. The van der Waals surface area contributed by atoms with E-state index < -0.39 is 6.04 Å². The van der Waals surface area contributed by atoms with E-state index in [4.69, 9.17) is 5.73 Å². The number of hydrogen-bond donors (Lipinski definition) is 3. The first kappa shape index (κ1) is 22.8. The highest BCUT2D eigenvalue weighted by molar-refractivity contribution is 7.17. The number of benzene rings is 1. The van der Waals surface area contributed by atoms with Crippen molar-refractivity contribution < 1.29 is 9.59 Å². The van der Waals surface area contributed by atoms with Gasteiger partial charge in [0, 0.05) is 18.8 Å². The fourth-order valence-corrected chi connectivity index (χ4v) is 5.51. The van der Waals surface area contributed by atoms with Crippen LogP contribution in [0, 0.1) is 5.92 Å². The second-order valence-corrected chi connectivity index (χ2v) is 10.4. The maximum absolute atomic E-state index is 13.3. The van der Waals surface area contributed by atoms with E-state index in [2.05, 4.69) is 34.7 Å². The number of carbonyl (C=O) groups is 2. The first-order chi connectivity index (χ1) is 15.5. The summed E-state index contributed by atoms with van der Waals surface area (Å²) in [6, 6.07) is 9.11. The Labute approximate surface area is 194 Å². The predicted octanol–water partition coefficient (Wildman–Crippen LogP) is 4.07. The third-order valence-electron chi connectivity index (χ3n) is 6.77. The van der Waals surface area contributed by atoms with Crippen LogP contribution >= 0.6 is 11.3 Å². The van der Waals surface area contributed by atoms with Gasteiger partial charge in [0.2, 0.25) is 5.91 Å². The largest absolute Gasteiger partial charge is 0.391 e. The van der Waals surface area contributed by atoms with Crippen molar-refractivity contribution in [3.8, 4) is 0 Å². The van der Waals surface area contributed by atoms with E-state index in [0.717, 1.165) is 44.5 Å². The van der Waals surface area contributed by atoms with E-state index in [1.54, 1.807) is 12.1 Å². The second kappa shape index (κ2) is 10.5. The van der Waals surface area contributed by atoms with Gasteiger partial charge in [-0.25, -0.2) is 0 Å². The summed E-state index contributed by atoms with van der Waals surface area (Å²) in [5, 5.41) is 6.67. The molecular weight excluding hydrogens is 420 g/mol. The Morgan fingerprint density at radius 1 is 1.09 bits per heavy atom. The number of nitrogens with one attached hydrogen (secondary N) is 2. The lowest BCUT2D eigenvalue weighted by Crippen LogP contribution is -2.45. The summed E-state index contributed by atoms with van der Waals surface area (Å²) in [5.74, 6) is 0.0996. The summed E-state index contributed by atoms with van der Waals surface area (Å²) in [5.41, 5.74) is 9.25. The van der Waals surface area contributed by atoms with E-state index >= 15 is 0 Å². The third kappa shape index (κ3) is 5.90. The molecule has 6 nitrogen and oxygen atoms in total. The second-order valence-electron chi connectivity index (χ2n) is 9.24. The molecule has 0 saturated heterocycles. The maximum atomic E-state index is 13.3. The van der Waals surface area contributed by atoms with Gasteiger partial charge in [-0.3, -0.25) is 9.59 Å². The van der Waals surface area contributed by atoms with Gasteiger partial charge < -0.3 is 21.3 Å². The zero-order valence-electron chi connectivity index (χ0n) is 18.9. The number of hydrogen-bond acceptors (Lipinski definition) is 5. The number of nitrogens with zero attached hydrogens (tertiary/aromatic N) is 1. The summed E-state index contributed by atoms with van der Waals surface area (Å²) < 4.78 is 0. The van der Waals surface area contributed by atoms with Crippen LogP contribution in [0.1, 0.15) is 59.3 Å². The fraction of sp³-hybridized carbons (Fsp3) is 0.520. The number of nitrogens with two attached hydrogens (primary N) is 1. The lowest BCUT2D eigenvalue weighted by molar-refractivity contribution is -0.118. The lowest BCUT2D eigenvalue weighted by atomic mass is 9.84. The van der Waals surface area contributed by atoms with Gasteiger partial charge in [0.05, 0.1) is 9.88 Å². The third-order valence-corrected chi connectivity index (χ3v) is 7.68. The average Bonchev–Trinajstić information content (AvgIpc) is 3.14. The predicted molar refractivity (Wildman–Crippen MR) is 131 cm³/mol. The van der Waals surface area contributed by atoms with E-state index in [1.165, 1.54) is 41.7 Å². The van der Waals surface area contributed by atoms with Gasteiger partial charge in [-0.2, -0.15) is 0 Å². The van der Waals surface area contributed by atoms with Crippen molar-refractivity contribution in [2.24, 2.45) is 5.92 Å². The number of nitrogen functional groups attached to an aromatic ring is 1. The average molecular weight is 455 g/mol. The molecule has 1 saturated carbocycles. The molecule has 1 aromatic heterocycles. The molecule has 0 radical (unpaired) electrons. The minimum atomic E-state index is -0.557. The number of likely N-dealkylation sites (N-methyl/N-ethyl adjacent to an activating group) is 1. The quantitative estimate of drug-likeness (QED) is 0.614. The van der Waals surface area contributed by atoms with Gasteiger partial charge >= 0.3 is 0 Å². The molecule has 0 bridgehead atoms. The number of rotatable bonds is 6. The molecule has 2 heterocycles. The van der Waals surface area contributed by atoms with Crippen molar-refractivity contribution in [2.45, 2.75) is 57.4 Å². The number of carbonyl (C=O) groups excluding carboxylic acids is 2. The Kier molecular flexibility index (Phi) is 7.48. The number of thiophene rings is 1. The zero-order valence-corrected chi connectivity index (χ0v) is 19.7. The first-order valence-corrected chi connectivity index (χ1v) is 12.6. The molecule has 4 rings (SSSR count). The van der Waals surface area contributed by atoms with Crippen molar-refractivity contribution in [3.63, 3.8) is 0 Å². The zero-order chi connectivity index (χ0) is 22.5. The molecule has 1 unspecified atom stereocenters. The summed E-state index contributed by atoms with van der Waals surface area (Å²) in [4.78, 5) is 29.0. The molecule has 2 amide bonds. The van der Waals surface area contributed by atoms with Gasteiger partial charge in [0.15, 0.2) is 0 Å². The molecular formula is C25H34N4O2S. The Hall–Kier alpha value is -2.38. The van der Waals surface area contributed by atoms with Gasteiger partial charge in [0.1, 0.15) is 6.04 Å². The minimum Gasteiger partial charge on any atom is -0.391 e. The molecule has 2 aromatic rings. The van der Waals surface area contributed by atoms with Crippen LogP contribution in [0.15, 0.2) is 30.3 Å². The van der Waals surface area contributed by atoms with Crippen LogP contribution in [-0.2, 0) is 17.6 Å². The van der Waals surface area contributed by atoms with Crippen molar-refractivity contribution >= 4 is 33.8 Å². The molecule has 32 heavy (non-hydrogen) atoms. The molecule has 7 heteroatoms. The molecule has 1 aliphatic heterocycles. The van der Waals surface area contributed by atoms with Crippen LogP contribution in [0.25, 0.3) is 0 Å². The van der Waals surface area contributed by atoms with Gasteiger partial charge in [-0.1, -0.05) is 38.2 Å². The monoisotopic (exact) mass is 454 g/mol. The van der Waals surface area contributed by atoms with Crippen LogP contribution in [0.5, 0.6) is 0 Å². The van der Waals surface area contributed by atoms with Crippen molar-refractivity contribution in [2.75, 3.05) is 31.2 Å². The molecule has 1 aliphatic carbocycles. The first-order valence-electron chi connectivity index (χ1n) is 11.8. The standard InChI is InChI=1S/C25H34N4O2S/c1-29-13-11-18-7-8-20(16-19(18)12-14-29)27-24(30)21(15-17-5-3-2-4-6-17)28-25(31)22-9-10-23(26)32-22/h7-10,16-17,21H,2-6,11-15,26H2,1H3,(H,27,30)(H,28,31). The van der Waals surface area contributed by atoms with Gasteiger partial charge in [-0.05, 0) is 67.6 Å². The minimum absolute atomic E-state index is 0.140. The SMILES string of the molecule is CN1CCc2ccc(NC(=O)C(CC3CCCCC3)NC(=O)c3ccc(N)s3)cc2CC1. The summed E-state index contributed by atoms with van der Waals surface area (Å²) in [6.07, 6.45) is 8.60. The van der Waals surface area contributed by atoms with Crippen molar-refractivity contribution in [1.29, 1.82) is 0 Å². The van der Waals surface area contributed by atoms with Crippen LogP contribution < -0.4 is 16.4 Å². The number of anilines is 2. The van der Waals surface area contributed by atoms with Crippen LogP contribution in [0.2, 0.25) is 0 Å². The van der Waals surface area contributed by atoms with Crippen molar-refractivity contribution in [1.82, 2.24) is 10.2 Å². The molecule has 1 atom stereocenters. The van der Waals surface area contributed by atoms with Crippen LogP contribution in [0.4, 0.5) is 10.7 Å². The highest BCUT2D eigenvalue weighted by Crippen LogP contribution is 2.28. The normalized spacial score (nSPS) is 18.4. The Morgan fingerprint density at radius 2 is 1.84 bits per heavy atom. The van der Waals surface area contributed by atoms with E-state index in [9.17, 15) is 9.59 Å². The summed E-state index contributed by atoms with van der Waals surface area (Å²) in [7, 11) is 2.15. The molecule has 2 aliphatic rings. The summed E-state index contributed by atoms with van der Waals surface area (Å²) >= 11 is 1.25. The Balaban J connectivity index is 1.47. The van der Waals surface area contributed by atoms with Gasteiger partial charge in [0.25, 0.3) is 5.91 Å². The molecule has 1 aromatic carbocycles. The van der Waals surface area contributed by atoms with E-state index in [-0.39, 0.29) is 11.8 Å². The van der Waals surface area contributed by atoms with E-state index in [0.29, 0.717) is 22.2 Å². The summed E-state index contributed by atoms with van der Waals surface area (Å²) in [6.45, 7) is 2.08. The Morgan fingerprint density at radius 3 is 2.56 bits per heavy atom. The molecule has 1 fully saturated rings. The lowest BCUT2D eigenvalue weighted by Gasteiger charge is -2.26. The molecule has 0 spiro atoms. The van der Waals surface area contributed by atoms with Crippen LogP contribution in [0.3, 0.4) is 0 Å². The van der Waals surface area contributed by atoms with E-state index in [1.807, 2.05) is 6.07 Å². The number of amides is 2. The topological polar surface area (TPSA) is 87.5 Å². The van der Waals surface area contributed by atoms with Crippen molar-refractivity contribution in [3.05, 3.63) is 46.3 Å². The highest BCUT2D eigenvalue weighted by Gasteiger charge is 2.27. The van der Waals surface area contributed by atoms with Gasteiger partial charge in [-0.15, -0.1) is 11.3 Å². The smallest absolute Gasteiger partial charge is 0.262 e. The number of fused-ring (bicyclic) bond motifs is 1. The Bertz CT molecular complexity index is 951. The van der Waals surface area contributed by atoms with Crippen LogP contribution in [-0.4, -0.2) is 42.9 Å². The maximum Gasteiger partial charge on any atom is 0.262 e. The fourth-order valence-electron chi connectivity index (χ4n) is 4.84.